The molecule has 2 unspecified atom stereocenters. The first-order valence-corrected chi connectivity index (χ1v) is 8.65. The van der Waals surface area contributed by atoms with Crippen LogP contribution >= 0.6 is 0 Å². The van der Waals surface area contributed by atoms with Gasteiger partial charge in [0.25, 0.3) is 0 Å². The molecule has 0 aromatic heterocycles. The summed E-state index contributed by atoms with van der Waals surface area (Å²) in [5, 5.41) is 3.70. The molecule has 2 saturated heterocycles. The second kappa shape index (κ2) is 7.91. The Labute approximate surface area is 130 Å². The van der Waals surface area contributed by atoms with Gasteiger partial charge in [0.1, 0.15) is 0 Å². The van der Waals surface area contributed by atoms with Crippen molar-refractivity contribution in [2.75, 3.05) is 46.0 Å². The van der Waals surface area contributed by atoms with Crippen molar-refractivity contribution in [1.82, 2.24) is 10.2 Å². The van der Waals surface area contributed by atoms with Crippen LogP contribution in [-0.4, -0.2) is 63.0 Å². The number of morpholine rings is 1. The number of rotatable bonds is 6. The van der Waals surface area contributed by atoms with Crippen LogP contribution in [0.25, 0.3) is 0 Å². The van der Waals surface area contributed by atoms with E-state index in [2.05, 4.69) is 37.9 Å². The van der Waals surface area contributed by atoms with Crippen LogP contribution in [0.2, 0.25) is 0 Å². The zero-order chi connectivity index (χ0) is 15.3. The van der Waals surface area contributed by atoms with Crippen molar-refractivity contribution < 1.29 is 9.47 Å². The third-order valence-electron chi connectivity index (χ3n) is 4.88. The van der Waals surface area contributed by atoms with E-state index in [-0.39, 0.29) is 0 Å². The molecule has 4 heteroatoms. The molecule has 0 radical (unpaired) electrons. The molecule has 0 saturated carbocycles. The third kappa shape index (κ3) is 5.20. The van der Waals surface area contributed by atoms with E-state index in [0.717, 1.165) is 39.5 Å². The maximum atomic E-state index is 5.77. The second-order valence-corrected chi connectivity index (χ2v) is 7.56. The lowest BCUT2D eigenvalue weighted by Crippen LogP contribution is -2.54. The molecule has 2 aliphatic heterocycles. The van der Waals surface area contributed by atoms with Crippen molar-refractivity contribution in [3.63, 3.8) is 0 Å². The first-order valence-electron chi connectivity index (χ1n) is 8.65. The normalized spacial score (nSPS) is 30.7. The first-order chi connectivity index (χ1) is 10.0. The Kier molecular flexibility index (Phi) is 6.48. The van der Waals surface area contributed by atoms with Gasteiger partial charge in [0.2, 0.25) is 0 Å². The summed E-state index contributed by atoms with van der Waals surface area (Å²) in [7, 11) is 0. The summed E-state index contributed by atoms with van der Waals surface area (Å²) in [4.78, 5) is 2.64. The molecule has 124 valence electrons. The third-order valence-corrected chi connectivity index (χ3v) is 4.88. The van der Waals surface area contributed by atoms with Crippen molar-refractivity contribution in [3.05, 3.63) is 0 Å². The van der Waals surface area contributed by atoms with E-state index in [1.165, 1.54) is 19.4 Å². The van der Waals surface area contributed by atoms with Crippen LogP contribution in [0.5, 0.6) is 0 Å². The molecule has 0 aromatic rings. The molecular weight excluding hydrogens is 264 g/mol. The van der Waals surface area contributed by atoms with Crippen LogP contribution in [0, 0.1) is 11.3 Å². The molecule has 4 nitrogen and oxygen atoms in total. The molecule has 2 rings (SSSR count). The van der Waals surface area contributed by atoms with Crippen LogP contribution in [0.1, 0.15) is 40.5 Å². The zero-order valence-corrected chi connectivity index (χ0v) is 14.4. The minimum atomic E-state index is 0.363. The lowest BCUT2D eigenvalue weighted by Gasteiger charge is -2.45. The van der Waals surface area contributed by atoms with Crippen molar-refractivity contribution in [2.24, 2.45) is 11.3 Å². The largest absolute Gasteiger partial charge is 0.381 e. The van der Waals surface area contributed by atoms with E-state index >= 15 is 0 Å². The highest BCUT2D eigenvalue weighted by Crippen LogP contribution is 2.32. The molecule has 0 aromatic carbocycles. The Hall–Kier alpha value is -0.160. The van der Waals surface area contributed by atoms with Crippen LogP contribution < -0.4 is 5.32 Å². The summed E-state index contributed by atoms with van der Waals surface area (Å²) in [6.45, 7) is 16.2. The van der Waals surface area contributed by atoms with Gasteiger partial charge in [-0.25, -0.2) is 0 Å². The molecule has 0 bridgehead atoms. The van der Waals surface area contributed by atoms with E-state index < -0.39 is 0 Å². The van der Waals surface area contributed by atoms with Crippen LogP contribution in [-0.2, 0) is 9.47 Å². The van der Waals surface area contributed by atoms with Gasteiger partial charge < -0.3 is 14.8 Å². The summed E-state index contributed by atoms with van der Waals surface area (Å²) in [5.74, 6) is 0.712. The Morgan fingerprint density at radius 2 is 1.95 bits per heavy atom. The standard InChI is InChI=1S/C17H34N2O2/c1-14(2)9-18-12-17(5-7-20-8-6-17)13-19-10-16(4)21-11-15(19)3/h14-16,18H,5-13H2,1-4H3. The SMILES string of the molecule is CC(C)CNCC1(CN2CC(C)OCC2C)CCOCC1. The van der Waals surface area contributed by atoms with Gasteiger partial charge in [-0.1, -0.05) is 13.8 Å². The fourth-order valence-electron chi connectivity index (χ4n) is 3.44. The highest BCUT2D eigenvalue weighted by Gasteiger charge is 2.37. The minimum Gasteiger partial charge on any atom is -0.381 e. The molecule has 0 amide bonds. The van der Waals surface area contributed by atoms with Crippen LogP contribution in [0.15, 0.2) is 0 Å². The van der Waals surface area contributed by atoms with E-state index in [1.54, 1.807) is 0 Å². The molecule has 2 atom stereocenters. The van der Waals surface area contributed by atoms with E-state index in [4.69, 9.17) is 9.47 Å². The molecule has 0 aliphatic carbocycles. The maximum absolute atomic E-state index is 5.77. The fourth-order valence-corrected chi connectivity index (χ4v) is 3.44. The maximum Gasteiger partial charge on any atom is 0.0674 e. The summed E-state index contributed by atoms with van der Waals surface area (Å²) in [6.07, 6.45) is 2.72. The molecular formula is C17H34N2O2. The topological polar surface area (TPSA) is 33.7 Å². The van der Waals surface area contributed by atoms with E-state index in [1.807, 2.05) is 0 Å². The number of ether oxygens (including phenoxy) is 2. The van der Waals surface area contributed by atoms with Gasteiger partial charge in [-0.3, -0.25) is 4.90 Å². The molecule has 2 heterocycles. The van der Waals surface area contributed by atoms with Gasteiger partial charge in [-0.15, -0.1) is 0 Å². The summed E-state index contributed by atoms with van der Waals surface area (Å²) in [6, 6.07) is 0.533. The number of nitrogens with zero attached hydrogens (tertiary/aromatic N) is 1. The van der Waals surface area contributed by atoms with Gasteiger partial charge in [-0.05, 0) is 44.6 Å². The summed E-state index contributed by atoms with van der Waals surface area (Å²) >= 11 is 0. The molecule has 0 spiro atoms. The first kappa shape index (κ1) is 17.2. The smallest absolute Gasteiger partial charge is 0.0674 e. The summed E-state index contributed by atoms with van der Waals surface area (Å²) < 4.78 is 11.4. The lowest BCUT2D eigenvalue weighted by atomic mass is 9.79. The molecule has 1 N–H and O–H groups in total. The van der Waals surface area contributed by atoms with E-state index in [9.17, 15) is 0 Å². The highest BCUT2D eigenvalue weighted by molar-refractivity contribution is 4.90. The van der Waals surface area contributed by atoms with Crippen molar-refractivity contribution in [1.29, 1.82) is 0 Å². The van der Waals surface area contributed by atoms with Crippen LogP contribution in [0.4, 0.5) is 0 Å². The quantitative estimate of drug-likeness (QED) is 0.814. The predicted molar refractivity (Wildman–Crippen MR) is 86.6 cm³/mol. The Morgan fingerprint density at radius 3 is 2.62 bits per heavy atom. The summed E-state index contributed by atoms with van der Waals surface area (Å²) in [5.41, 5.74) is 0.373. The van der Waals surface area contributed by atoms with Gasteiger partial charge in [0, 0.05) is 38.9 Å². The van der Waals surface area contributed by atoms with Gasteiger partial charge in [0.15, 0.2) is 0 Å². The van der Waals surface area contributed by atoms with Crippen molar-refractivity contribution >= 4 is 0 Å². The lowest BCUT2D eigenvalue weighted by molar-refractivity contribution is -0.0779. The molecule has 21 heavy (non-hydrogen) atoms. The number of hydrogen-bond acceptors (Lipinski definition) is 4. The zero-order valence-electron chi connectivity index (χ0n) is 14.4. The van der Waals surface area contributed by atoms with Crippen molar-refractivity contribution in [3.8, 4) is 0 Å². The van der Waals surface area contributed by atoms with Crippen LogP contribution in [0.3, 0.4) is 0 Å². The highest BCUT2D eigenvalue weighted by atomic mass is 16.5. The Balaban J connectivity index is 1.94. The predicted octanol–water partition coefficient (Wildman–Crippen LogP) is 2.14. The monoisotopic (exact) mass is 298 g/mol. The van der Waals surface area contributed by atoms with Gasteiger partial charge in [0.05, 0.1) is 12.7 Å². The average Bonchev–Trinajstić information content (AvgIpc) is 2.43. The van der Waals surface area contributed by atoms with Gasteiger partial charge in [-0.2, -0.15) is 0 Å². The van der Waals surface area contributed by atoms with Crippen molar-refractivity contribution in [2.45, 2.75) is 52.7 Å². The van der Waals surface area contributed by atoms with E-state index in [0.29, 0.717) is 23.5 Å². The molecule has 2 aliphatic rings. The minimum absolute atomic E-state index is 0.363. The Bertz CT molecular complexity index is 303. The fraction of sp³-hybridized carbons (Fsp3) is 1.00. The average molecular weight is 298 g/mol. The number of hydrogen-bond donors (Lipinski definition) is 1. The molecule has 2 fully saturated rings. The number of nitrogens with one attached hydrogen (secondary N) is 1. The Morgan fingerprint density at radius 1 is 1.24 bits per heavy atom. The second-order valence-electron chi connectivity index (χ2n) is 7.56. The van der Waals surface area contributed by atoms with Gasteiger partial charge >= 0.3 is 0 Å².